The lowest BCUT2D eigenvalue weighted by molar-refractivity contribution is -0.121. The number of amides is 1. The molecule has 0 radical (unpaired) electrons. The number of nitrogens with one attached hydrogen (secondary N) is 2. The van der Waals surface area contributed by atoms with Crippen molar-refractivity contribution in [3.63, 3.8) is 0 Å². The van der Waals surface area contributed by atoms with Crippen LogP contribution < -0.4 is 10.6 Å². The molecule has 1 atom stereocenters. The summed E-state index contributed by atoms with van der Waals surface area (Å²) in [5.74, 6) is 0.132. The van der Waals surface area contributed by atoms with Crippen molar-refractivity contribution in [3.8, 4) is 0 Å². The van der Waals surface area contributed by atoms with Crippen LogP contribution in [0.15, 0.2) is 0 Å². The molecule has 66 valence electrons. The van der Waals surface area contributed by atoms with E-state index in [2.05, 4.69) is 17.6 Å². The summed E-state index contributed by atoms with van der Waals surface area (Å²) in [4.78, 5) is 10.9. The van der Waals surface area contributed by atoms with E-state index in [9.17, 15) is 4.79 Å². The summed E-state index contributed by atoms with van der Waals surface area (Å²) in [7, 11) is 1.89. The van der Waals surface area contributed by atoms with E-state index in [0.29, 0.717) is 6.42 Å². The Morgan fingerprint density at radius 2 is 2.09 bits per heavy atom. The quantitative estimate of drug-likeness (QED) is 0.612. The minimum absolute atomic E-state index is 0.132. The van der Waals surface area contributed by atoms with Gasteiger partial charge in [-0.25, -0.2) is 0 Å². The van der Waals surface area contributed by atoms with Crippen LogP contribution in [0, 0.1) is 0 Å². The van der Waals surface area contributed by atoms with E-state index in [4.69, 9.17) is 0 Å². The minimum Gasteiger partial charge on any atom is -0.352 e. The second-order valence-electron chi connectivity index (χ2n) is 2.58. The minimum atomic E-state index is 0.132. The van der Waals surface area contributed by atoms with Gasteiger partial charge in [0.05, 0.1) is 0 Å². The highest BCUT2D eigenvalue weighted by Crippen LogP contribution is 1.89. The van der Waals surface area contributed by atoms with Gasteiger partial charge >= 0.3 is 0 Å². The smallest absolute Gasteiger partial charge is 0.219 e. The Bertz CT molecular complexity index is 115. The monoisotopic (exact) mass is 158 g/mol. The molecular weight excluding hydrogens is 140 g/mol. The molecule has 0 rings (SSSR count). The number of carbonyl (C=O) groups excluding carboxylic acids is 1. The number of hydrogen-bond acceptors (Lipinski definition) is 2. The summed E-state index contributed by atoms with van der Waals surface area (Å²) >= 11 is 0. The molecule has 1 amide bonds. The molecule has 0 aromatic rings. The van der Waals surface area contributed by atoms with Gasteiger partial charge in [0.2, 0.25) is 5.91 Å². The first kappa shape index (κ1) is 10.4. The van der Waals surface area contributed by atoms with E-state index in [1.54, 1.807) is 0 Å². The summed E-state index contributed by atoms with van der Waals surface area (Å²) in [5.41, 5.74) is 0. The third-order valence-electron chi connectivity index (χ3n) is 1.63. The standard InChI is InChI=1S/C8H18N2O/c1-4-7(6-9-3)10-8(11)5-2/h7,9H,4-6H2,1-3H3,(H,10,11)/t7-/m1/s1. The van der Waals surface area contributed by atoms with Crippen molar-refractivity contribution >= 4 is 5.91 Å². The molecule has 0 aliphatic rings. The Morgan fingerprint density at radius 1 is 1.45 bits per heavy atom. The average molecular weight is 158 g/mol. The summed E-state index contributed by atoms with van der Waals surface area (Å²) in [6.45, 7) is 4.78. The van der Waals surface area contributed by atoms with Gasteiger partial charge in [-0.15, -0.1) is 0 Å². The lowest BCUT2D eigenvalue weighted by Gasteiger charge is -2.15. The molecule has 0 saturated heterocycles. The third-order valence-corrected chi connectivity index (χ3v) is 1.63. The molecule has 0 aliphatic heterocycles. The average Bonchev–Trinajstić information content (AvgIpc) is 2.03. The van der Waals surface area contributed by atoms with Gasteiger partial charge < -0.3 is 10.6 Å². The van der Waals surface area contributed by atoms with Crippen molar-refractivity contribution in [2.24, 2.45) is 0 Å². The topological polar surface area (TPSA) is 41.1 Å². The molecule has 0 spiro atoms. The fraction of sp³-hybridized carbons (Fsp3) is 0.875. The maximum absolute atomic E-state index is 10.9. The van der Waals surface area contributed by atoms with Crippen molar-refractivity contribution in [2.45, 2.75) is 32.7 Å². The lowest BCUT2D eigenvalue weighted by Crippen LogP contribution is -2.40. The molecule has 11 heavy (non-hydrogen) atoms. The molecule has 0 unspecified atom stereocenters. The Morgan fingerprint density at radius 3 is 2.45 bits per heavy atom. The molecule has 0 heterocycles. The van der Waals surface area contributed by atoms with E-state index < -0.39 is 0 Å². The van der Waals surface area contributed by atoms with Crippen molar-refractivity contribution in [1.29, 1.82) is 0 Å². The first-order valence-electron chi connectivity index (χ1n) is 4.18. The van der Waals surface area contributed by atoms with Gasteiger partial charge in [0, 0.05) is 19.0 Å². The second-order valence-corrected chi connectivity index (χ2v) is 2.58. The molecule has 0 fully saturated rings. The van der Waals surface area contributed by atoms with Crippen molar-refractivity contribution in [1.82, 2.24) is 10.6 Å². The highest BCUT2D eigenvalue weighted by Gasteiger charge is 2.06. The van der Waals surface area contributed by atoms with Crippen molar-refractivity contribution in [2.75, 3.05) is 13.6 Å². The number of likely N-dealkylation sites (N-methyl/N-ethyl adjacent to an activating group) is 1. The van der Waals surface area contributed by atoms with E-state index in [1.807, 2.05) is 14.0 Å². The van der Waals surface area contributed by atoms with E-state index >= 15 is 0 Å². The van der Waals surface area contributed by atoms with Gasteiger partial charge in [-0.1, -0.05) is 13.8 Å². The van der Waals surface area contributed by atoms with E-state index in [-0.39, 0.29) is 11.9 Å². The SMILES string of the molecule is CCC(=O)N[C@H](CC)CNC. The van der Waals surface area contributed by atoms with Crippen LogP contribution in [0.1, 0.15) is 26.7 Å². The molecule has 3 nitrogen and oxygen atoms in total. The van der Waals surface area contributed by atoms with Crippen LogP contribution in [0.25, 0.3) is 0 Å². The molecule has 0 bridgehead atoms. The first-order valence-corrected chi connectivity index (χ1v) is 4.18. The zero-order chi connectivity index (χ0) is 8.69. The Balaban J connectivity index is 3.58. The van der Waals surface area contributed by atoms with Gasteiger partial charge in [-0.3, -0.25) is 4.79 Å². The molecule has 0 saturated carbocycles. The van der Waals surface area contributed by atoms with Crippen LogP contribution in [0.4, 0.5) is 0 Å². The Kier molecular flexibility index (Phi) is 5.84. The maximum Gasteiger partial charge on any atom is 0.219 e. The largest absolute Gasteiger partial charge is 0.352 e. The van der Waals surface area contributed by atoms with Gasteiger partial charge in [0.15, 0.2) is 0 Å². The second kappa shape index (κ2) is 6.16. The first-order chi connectivity index (χ1) is 5.24. The lowest BCUT2D eigenvalue weighted by atomic mass is 10.2. The van der Waals surface area contributed by atoms with Crippen LogP contribution in [0.2, 0.25) is 0 Å². The van der Waals surface area contributed by atoms with Crippen molar-refractivity contribution < 1.29 is 4.79 Å². The Labute approximate surface area is 68.6 Å². The highest BCUT2D eigenvalue weighted by molar-refractivity contribution is 5.75. The maximum atomic E-state index is 10.9. The van der Waals surface area contributed by atoms with Crippen LogP contribution in [-0.2, 0) is 4.79 Å². The number of hydrogen-bond donors (Lipinski definition) is 2. The fourth-order valence-corrected chi connectivity index (χ4v) is 0.874. The Hall–Kier alpha value is -0.570. The molecule has 2 N–H and O–H groups in total. The highest BCUT2D eigenvalue weighted by atomic mass is 16.1. The molecular formula is C8H18N2O. The zero-order valence-electron chi connectivity index (χ0n) is 7.61. The normalized spacial score (nSPS) is 12.6. The number of carbonyl (C=O) groups is 1. The molecule has 3 heteroatoms. The van der Waals surface area contributed by atoms with Crippen LogP contribution in [-0.4, -0.2) is 25.5 Å². The van der Waals surface area contributed by atoms with Gasteiger partial charge in [-0.2, -0.15) is 0 Å². The summed E-state index contributed by atoms with van der Waals surface area (Å²) in [5, 5.41) is 5.95. The van der Waals surface area contributed by atoms with Crippen molar-refractivity contribution in [3.05, 3.63) is 0 Å². The van der Waals surface area contributed by atoms with E-state index in [0.717, 1.165) is 13.0 Å². The predicted octanol–water partition coefficient (Wildman–Crippen LogP) is 0.511. The number of rotatable bonds is 5. The van der Waals surface area contributed by atoms with Crippen LogP contribution in [0.3, 0.4) is 0 Å². The molecule has 0 aromatic carbocycles. The van der Waals surface area contributed by atoms with Crippen LogP contribution in [0.5, 0.6) is 0 Å². The summed E-state index contributed by atoms with van der Waals surface area (Å²) < 4.78 is 0. The fourth-order valence-electron chi connectivity index (χ4n) is 0.874. The third kappa shape index (κ3) is 4.79. The van der Waals surface area contributed by atoms with Crippen LogP contribution >= 0.6 is 0 Å². The predicted molar refractivity (Wildman–Crippen MR) is 46.4 cm³/mol. The van der Waals surface area contributed by atoms with Gasteiger partial charge in [0.1, 0.15) is 0 Å². The van der Waals surface area contributed by atoms with E-state index in [1.165, 1.54) is 0 Å². The van der Waals surface area contributed by atoms with Gasteiger partial charge in [0.25, 0.3) is 0 Å². The summed E-state index contributed by atoms with van der Waals surface area (Å²) in [6.07, 6.45) is 1.55. The molecule has 0 aliphatic carbocycles. The zero-order valence-corrected chi connectivity index (χ0v) is 7.61. The van der Waals surface area contributed by atoms with Gasteiger partial charge in [-0.05, 0) is 13.5 Å². The summed E-state index contributed by atoms with van der Waals surface area (Å²) in [6, 6.07) is 0.285. The molecule has 0 aromatic heterocycles.